The highest BCUT2D eigenvalue weighted by Gasteiger charge is 2.20. The second-order valence-electron chi connectivity index (χ2n) is 4.75. The van der Waals surface area contributed by atoms with Crippen LogP contribution in [0.15, 0.2) is 24.5 Å². The Kier molecular flexibility index (Phi) is 2.83. The van der Waals surface area contributed by atoms with Crippen LogP contribution >= 0.6 is 0 Å². The monoisotopic (exact) mass is 282 g/mol. The highest BCUT2D eigenvalue weighted by Crippen LogP contribution is 2.35. The molecule has 0 aliphatic rings. The average Bonchev–Trinajstić information content (AvgIpc) is 2.78. The number of amides is 1. The molecule has 1 amide bonds. The first kappa shape index (κ1) is 13.0. The zero-order valence-corrected chi connectivity index (χ0v) is 11.7. The molecule has 3 rings (SSSR count). The van der Waals surface area contributed by atoms with Crippen LogP contribution in [0.1, 0.15) is 16.2 Å². The lowest BCUT2D eigenvalue weighted by Gasteiger charge is -2.11. The standard InChI is InChI=1S/C14H14N6O/c1-7-8(6-18-20(7)2)10-11(15)13(14(16)21)19-9-4-3-5-17-12(9)10/h3-6H,15H2,1-2H3,(H2,16,21). The maximum Gasteiger partial charge on any atom is 0.269 e. The minimum atomic E-state index is -0.666. The number of nitrogen functional groups attached to an aromatic ring is 1. The van der Waals surface area contributed by atoms with Crippen molar-refractivity contribution < 1.29 is 4.79 Å². The molecule has 3 aromatic heterocycles. The van der Waals surface area contributed by atoms with Gasteiger partial charge in [-0.2, -0.15) is 5.10 Å². The predicted octanol–water partition coefficient (Wildman–Crippen LogP) is 1.02. The first-order chi connectivity index (χ1) is 10.0. The fourth-order valence-electron chi connectivity index (χ4n) is 2.31. The van der Waals surface area contributed by atoms with Gasteiger partial charge in [0.15, 0.2) is 5.69 Å². The number of rotatable bonds is 2. The number of hydrogen-bond acceptors (Lipinski definition) is 5. The smallest absolute Gasteiger partial charge is 0.269 e. The summed E-state index contributed by atoms with van der Waals surface area (Å²) in [7, 11) is 1.83. The zero-order chi connectivity index (χ0) is 15.1. The Bertz CT molecular complexity index is 867. The van der Waals surface area contributed by atoms with E-state index in [0.29, 0.717) is 16.6 Å². The number of aryl methyl sites for hydroxylation is 1. The fourth-order valence-corrected chi connectivity index (χ4v) is 2.31. The van der Waals surface area contributed by atoms with Crippen molar-refractivity contribution in [2.75, 3.05) is 5.73 Å². The topological polar surface area (TPSA) is 113 Å². The van der Waals surface area contributed by atoms with Crippen LogP contribution < -0.4 is 11.5 Å². The number of nitrogens with zero attached hydrogens (tertiary/aromatic N) is 4. The molecule has 106 valence electrons. The van der Waals surface area contributed by atoms with Gasteiger partial charge in [0.05, 0.1) is 22.9 Å². The summed E-state index contributed by atoms with van der Waals surface area (Å²) < 4.78 is 1.73. The summed E-state index contributed by atoms with van der Waals surface area (Å²) in [5.41, 5.74) is 15.3. The minimum absolute atomic E-state index is 0.0498. The molecule has 0 saturated carbocycles. The van der Waals surface area contributed by atoms with Crippen LogP contribution in [0.5, 0.6) is 0 Å². The molecule has 3 aromatic rings. The van der Waals surface area contributed by atoms with E-state index in [1.54, 1.807) is 29.2 Å². The van der Waals surface area contributed by atoms with E-state index in [0.717, 1.165) is 11.3 Å². The Morgan fingerprint density at radius 1 is 1.38 bits per heavy atom. The number of hydrogen-bond donors (Lipinski definition) is 2. The van der Waals surface area contributed by atoms with Gasteiger partial charge in [-0.3, -0.25) is 14.5 Å². The van der Waals surface area contributed by atoms with Gasteiger partial charge in [-0.05, 0) is 19.1 Å². The third-order valence-electron chi connectivity index (χ3n) is 3.52. The summed E-state index contributed by atoms with van der Waals surface area (Å²) in [6, 6.07) is 3.51. The van der Waals surface area contributed by atoms with Crippen molar-refractivity contribution in [2.24, 2.45) is 12.8 Å². The number of nitrogens with two attached hydrogens (primary N) is 2. The third kappa shape index (κ3) is 1.90. The van der Waals surface area contributed by atoms with Crippen molar-refractivity contribution in [1.82, 2.24) is 19.7 Å². The highest BCUT2D eigenvalue weighted by molar-refractivity contribution is 6.07. The average molecular weight is 282 g/mol. The first-order valence-electron chi connectivity index (χ1n) is 6.33. The van der Waals surface area contributed by atoms with Gasteiger partial charge in [-0.25, -0.2) is 4.98 Å². The molecule has 0 atom stereocenters. The van der Waals surface area contributed by atoms with Crippen molar-refractivity contribution in [1.29, 1.82) is 0 Å². The van der Waals surface area contributed by atoms with E-state index in [-0.39, 0.29) is 11.4 Å². The van der Waals surface area contributed by atoms with Gasteiger partial charge in [-0.1, -0.05) is 0 Å². The molecule has 7 nitrogen and oxygen atoms in total. The summed E-state index contributed by atoms with van der Waals surface area (Å²) >= 11 is 0. The van der Waals surface area contributed by atoms with Crippen molar-refractivity contribution in [3.63, 3.8) is 0 Å². The molecule has 3 heterocycles. The summed E-state index contributed by atoms with van der Waals surface area (Å²) in [6.07, 6.45) is 3.35. The number of primary amides is 1. The van der Waals surface area contributed by atoms with Gasteiger partial charge >= 0.3 is 0 Å². The van der Waals surface area contributed by atoms with Crippen LogP contribution in [0.2, 0.25) is 0 Å². The Labute approximate surface area is 120 Å². The van der Waals surface area contributed by atoms with Crippen LogP contribution in [0.4, 0.5) is 5.69 Å². The van der Waals surface area contributed by atoms with E-state index >= 15 is 0 Å². The minimum Gasteiger partial charge on any atom is -0.396 e. The van der Waals surface area contributed by atoms with E-state index in [1.165, 1.54) is 0 Å². The zero-order valence-electron chi connectivity index (χ0n) is 11.7. The molecule has 0 aromatic carbocycles. The van der Waals surface area contributed by atoms with Gasteiger partial charge in [0.2, 0.25) is 0 Å². The second kappa shape index (κ2) is 4.55. The molecule has 0 unspecified atom stereocenters. The first-order valence-corrected chi connectivity index (χ1v) is 6.33. The van der Waals surface area contributed by atoms with Crippen molar-refractivity contribution in [3.05, 3.63) is 35.9 Å². The van der Waals surface area contributed by atoms with Gasteiger partial charge in [0.1, 0.15) is 0 Å². The van der Waals surface area contributed by atoms with Gasteiger partial charge in [0.25, 0.3) is 5.91 Å². The molecular formula is C14H14N6O. The van der Waals surface area contributed by atoms with Crippen molar-refractivity contribution in [3.8, 4) is 11.1 Å². The maximum atomic E-state index is 11.6. The Morgan fingerprint density at radius 2 is 2.14 bits per heavy atom. The van der Waals surface area contributed by atoms with Crippen LogP contribution in [-0.4, -0.2) is 25.7 Å². The SMILES string of the molecule is Cc1c(-c2c(N)c(C(N)=O)nc3cccnc23)cnn1C. The predicted molar refractivity (Wildman–Crippen MR) is 79.4 cm³/mol. The van der Waals surface area contributed by atoms with Gasteiger partial charge < -0.3 is 11.5 Å². The number of aromatic nitrogens is 4. The van der Waals surface area contributed by atoms with Crippen LogP contribution in [-0.2, 0) is 7.05 Å². The van der Waals surface area contributed by atoms with Crippen molar-refractivity contribution in [2.45, 2.75) is 6.92 Å². The molecule has 0 fully saturated rings. The molecule has 4 N–H and O–H groups in total. The van der Waals surface area contributed by atoms with Crippen LogP contribution in [0, 0.1) is 6.92 Å². The number of pyridine rings is 2. The lowest BCUT2D eigenvalue weighted by Crippen LogP contribution is -2.16. The largest absolute Gasteiger partial charge is 0.396 e. The second-order valence-corrected chi connectivity index (χ2v) is 4.75. The van der Waals surface area contributed by atoms with Crippen LogP contribution in [0.25, 0.3) is 22.2 Å². The van der Waals surface area contributed by atoms with E-state index in [4.69, 9.17) is 11.5 Å². The van der Waals surface area contributed by atoms with Gasteiger partial charge in [0, 0.05) is 30.1 Å². The molecule has 0 aliphatic carbocycles. The molecule has 21 heavy (non-hydrogen) atoms. The van der Waals surface area contributed by atoms with E-state index in [9.17, 15) is 4.79 Å². The molecule has 0 aliphatic heterocycles. The molecular weight excluding hydrogens is 268 g/mol. The Balaban J connectivity index is 2.47. The third-order valence-corrected chi connectivity index (χ3v) is 3.52. The fraction of sp³-hybridized carbons (Fsp3) is 0.143. The lowest BCUT2D eigenvalue weighted by atomic mass is 10.0. The molecule has 7 heteroatoms. The highest BCUT2D eigenvalue weighted by atomic mass is 16.1. The Hall–Kier alpha value is -2.96. The number of fused-ring (bicyclic) bond motifs is 1. The number of anilines is 1. The molecule has 0 radical (unpaired) electrons. The number of carbonyl (C=O) groups is 1. The summed E-state index contributed by atoms with van der Waals surface area (Å²) in [5.74, 6) is -0.666. The van der Waals surface area contributed by atoms with E-state index in [2.05, 4.69) is 15.1 Å². The molecule has 0 bridgehead atoms. The number of carbonyl (C=O) groups excluding carboxylic acids is 1. The van der Waals surface area contributed by atoms with Crippen molar-refractivity contribution >= 4 is 22.6 Å². The Morgan fingerprint density at radius 3 is 2.76 bits per heavy atom. The summed E-state index contributed by atoms with van der Waals surface area (Å²) in [6.45, 7) is 1.92. The summed E-state index contributed by atoms with van der Waals surface area (Å²) in [4.78, 5) is 20.1. The normalized spacial score (nSPS) is 11.0. The van der Waals surface area contributed by atoms with Crippen LogP contribution in [0.3, 0.4) is 0 Å². The van der Waals surface area contributed by atoms with Gasteiger partial charge in [-0.15, -0.1) is 0 Å². The molecule has 0 saturated heterocycles. The lowest BCUT2D eigenvalue weighted by molar-refractivity contribution is 0.0997. The molecule has 0 spiro atoms. The summed E-state index contributed by atoms with van der Waals surface area (Å²) in [5, 5.41) is 4.21. The maximum absolute atomic E-state index is 11.6. The quantitative estimate of drug-likeness (QED) is 0.728. The van der Waals surface area contributed by atoms with E-state index < -0.39 is 5.91 Å². The van der Waals surface area contributed by atoms with E-state index in [1.807, 2.05) is 14.0 Å².